The zero-order chi connectivity index (χ0) is 12.8. The highest BCUT2D eigenvalue weighted by Gasteiger charge is 2.47. The maximum atomic E-state index is 12.4. The van der Waals surface area contributed by atoms with Gasteiger partial charge in [0.1, 0.15) is 11.4 Å². The molecule has 0 N–H and O–H groups in total. The summed E-state index contributed by atoms with van der Waals surface area (Å²) >= 11 is 5.85. The van der Waals surface area contributed by atoms with E-state index in [0.717, 1.165) is 11.4 Å². The Morgan fingerprint density at radius 3 is 2.89 bits per heavy atom. The maximum absolute atomic E-state index is 12.4. The van der Waals surface area contributed by atoms with E-state index in [4.69, 9.17) is 16.3 Å². The Morgan fingerprint density at radius 1 is 1.44 bits per heavy atom. The van der Waals surface area contributed by atoms with E-state index in [1.54, 1.807) is 6.20 Å². The Hall–Kier alpha value is -1.20. The first-order valence-electron chi connectivity index (χ1n) is 6.00. The van der Waals surface area contributed by atoms with Gasteiger partial charge < -0.3 is 9.64 Å². The minimum absolute atomic E-state index is 0.220. The highest BCUT2D eigenvalue weighted by atomic mass is 35.5. The third kappa shape index (κ3) is 1.61. The van der Waals surface area contributed by atoms with Gasteiger partial charge in [0.2, 0.25) is 5.28 Å². The molecule has 2 aliphatic rings. The number of likely N-dealkylation sites (N-methyl/N-ethyl adjacent to an activating group) is 1. The van der Waals surface area contributed by atoms with Crippen molar-refractivity contribution in [1.82, 2.24) is 9.97 Å². The molecule has 1 fully saturated rings. The average molecular weight is 268 g/mol. The van der Waals surface area contributed by atoms with Crippen molar-refractivity contribution in [3.8, 4) is 0 Å². The summed E-state index contributed by atoms with van der Waals surface area (Å²) in [5.74, 6) is 1.00. The van der Waals surface area contributed by atoms with Gasteiger partial charge in [-0.25, -0.2) is 9.97 Å². The average Bonchev–Trinajstić information content (AvgIpc) is 2.39. The number of aromatic nitrogens is 2. The van der Waals surface area contributed by atoms with Crippen molar-refractivity contribution < 1.29 is 9.53 Å². The van der Waals surface area contributed by atoms with Crippen LogP contribution in [0.25, 0.3) is 0 Å². The van der Waals surface area contributed by atoms with E-state index in [1.807, 2.05) is 11.9 Å². The number of Topliss-reactive ketones (excluding diaryl/α,β-unsaturated/α-hetero) is 1. The molecule has 0 aromatic carbocycles. The fraction of sp³-hybridized carbons (Fsp3) is 0.583. The lowest BCUT2D eigenvalue weighted by Gasteiger charge is -2.46. The van der Waals surface area contributed by atoms with Crippen LogP contribution in [-0.4, -0.2) is 41.6 Å². The summed E-state index contributed by atoms with van der Waals surface area (Å²) < 4.78 is 5.37. The number of anilines is 1. The van der Waals surface area contributed by atoms with Gasteiger partial charge in [0.15, 0.2) is 5.78 Å². The van der Waals surface area contributed by atoms with Gasteiger partial charge in [-0.05, 0) is 11.6 Å². The molecule has 0 atom stereocenters. The van der Waals surface area contributed by atoms with E-state index in [-0.39, 0.29) is 11.1 Å². The van der Waals surface area contributed by atoms with Crippen molar-refractivity contribution in [3.05, 3.63) is 17.0 Å². The molecule has 0 aliphatic carbocycles. The van der Waals surface area contributed by atoms with Crippen LogP contribution in [0.15, 0.2) is 6.20 Å². The Bertz CT molecular complexity index is 500. The summed E-state index contributed by atoms with van der Waals surface area (Å²) in [5, 5.41) is 0.220. The lowest BCUT2D eigenvalue weighted by molar-refractivity contribution is -0.127. The van der Waals surface area contributed by atoms with E-state index in [0.29, 0.717) is 32.5 Å². The molecule has 0 saturated carbocycles. The number of nitrogens with zero attached hydrogens (tertiary/aromatic N) is 3. The van der Waals surface area contributed by atoms with Crippen LogP contribution in [0.4, 0.5) is 5.82 Å². The van der Waals surface area contributed by atoms with Crippen LogP contribution in [0.2, 0.25) is 5.28 Å². The molecule has 18 heavy (non-hydrogen) atoms. The summed E-state index contributed by atoms with van der Waals surface area (Å²) in [5.41, 5.74) is 0.382. The molecule has 0 bridgehead atoms. The second kappa shape index (κ2) is 4.17. The molecule has 1 aromatic rings. The molecule has 1 spiro atoms. The van der Waals surface area contributed by atoms with Gasteiger partial charge in [-0.15, -0.1) is 0 Å². The minimum atomic E-state index is -0.469. The van der Waals surface area contributed by atoms with E-state index < -0.39 is 5.54 Å². The standard InChI is InChI=1S/C12H14ClN3O2/c1-16-10-8(7-14-11(13)15-10)6-9(17)12(16)2-4-18-5-3-12/h7H,2-6H2,1H3. The van der Waals surface area contributed by atoms with Crippen LogP contribution in [0.5, 0.6) is 0 Å². The molecule has 0 radical (unpaired) electrons. The van der Waals surface area contributed by atoms with Crippen molar-refractivity contribution in [2.24, 2.45) is 0 Å². The minimum Gasteiger partial charge on any atom is -0.381 e. The van der Waals surface area contributed by atoms with Crippen LogP contribution in [0.1, 0.15) is 18.4 Å². The smallest absolute Gasteiger partial charge is 0.224 e. The van der Waals surface area contributed by atoms with E-state index in [1.165, 1.54) is 0 Å². The molecular weight excluding hydrogens is 254 g/mol. The summed E-state index contributed by atoms with van der Waals surface area (Å²) in [7, 11) is 1.91. The summed E-state index contributed by atoms with van der Waals surface area (Å²) in [4.78, 5) is 22.6. The summed E-state index contributed by atoms with van der Waals surface area (Å²) in [6.45, 7) is 1.23. The molecule has 6 heteroatoms. The number of ketones is 1. The fourth-order valence-electron chi connectivity index (χ4n) is 2.84. The number of fused-ring (bicyclic) bond motifs is 1. The Balaban J connectivity index is 2.07. The zero-order valence-corrected chi connectivity index (χ0v) is 10.9. The normalized spacial score (nSPS) is 22.1. The molecule has 1 aromatic heterocycles. The van der Waals surface area contributed by atoms with Crippen molar-refractivity contribution in [2.75, 3.05) is 25.2 Å². The molecule has 96 valence electrons. The Morgan fingerprint density at radius 2 is 2.17 bits per heavy atom. The number of halogens is 1. The van der Waals surface area contributed by atoms with Gasteiger partial charge in [0.05, 0.1) is 0 Å². The van der Waals surface area contributed by atoms with Crippen LogP contribution >= 0.6 is 11.6 Å². The van der Waals surface area contributed by atoms with E-state index in [9.17, 15) is 4.79 Å². The number of rotatable bonds is 0. The number of carbonyl (C=O) groups is 1. The van der Waals surface area contributed by atoms with Crippen molar-refractivity contribution >= 4 is 23.2 Å². The number of hydrogen-bond acceptors (Lipinski definition) is 5. The quantitative estimate of drug-likeness (QED) is 0.662. The van der Waals surface area contributed by atoms with Gasteiger partial charge in [-0.3, -0.25) is 4.79 Å². The predicted molar refractivity (Wildman–Crippen MR) is 66.9 cm³/mol. The molecular formula is C12H14ClN3O2. The number of hydrogen-bond donors (Lipinski definition) is 0. The highest BCUT2D eigenvalue weighted by molar-refractivity contribution is 6.28. The molecule has 1 saturated heterocycles. The van der Waals surface area contributed by atoms with Gasteiger partial charge in [0.25, 0.3) is 0 Å². The van der Waals surface area contributed by atoms with Crippen molar-refractivity contribution in [3.63, 3.8) is 0 Å². The van der Waals surface area contributed by atoms with Gasteiger partial charge in [-0.2, -0.15) is 0 Å². The van der Waals surface area contributed by atoms with Crippen LogP contribution in [0.3, 0.4) is 0 Å². The largest absolute Gasteiger partial charge is 0.381 e. The van der Waals surface area contributed by atoms with Gasteiger partial charge >= 0.3 is 0 Å². The van der Waals surface area contributed by atoms with Crippen LogP contribution in [0, 0.1) is 0 Å². The topological polar surface area (TPSA) is 55.3 Å². The third-order valence-corrected chi connectivity index (χ3v) is 4.14. The molecule has 3 rings (SSSR count). The first-order chi connectivity index (χ1) is 8.63. The van der Waals surface area contributed by atoms with E-state index in [2.05, 4.69) is 9.97 Å². The fourth-order valence-corrected chi connectivity index (χ4v) is 2.97. The number of carbonyl (C=O) groups excluding carboxylic acids is 1. The van der Waals surface area contributed by atoms with Gasteiger partial charge in [0, 0.05) is 51.3 Å². The monoisotopic (exact) mass is 267 g/mol. The maximum Gasteiger partial charge on any atom is 0.224 e. The zero-order valence-electron chi connectivity index (χ0n) is 10.1. The van der Waals surface area contributed by atoms with E-state index >= 15 is 0 Å². The second-order valence-electron chi connectivity index (χ2n) is 4.79. The third-order valence-electron chi connectivity index (χ3n) is 3.96. The Labute approximate surface area is 110 Å². The first kappa shape index (κ1) is 11.9. The van der Waals surface area contributed by atoms with Gasteiger partial charge in [-0.1, -0.05) is 0 Å². The number of ether oxygens (including phenoxy) is 1. The van der Waals surface area contributed by atoms with Crippen LogP contribution < -0.4 is 4.90 Å². The van der Waals surface area contributed by atoms with Crippen molar-refractivity contribution in [1.29, 1.82) is 0 Å². The molecule has 3 heterocycles. The predicted octanol–water partition coefficient (Wildman–Crippen LogP) is 1.24. The van der Waals surface area contributed by atoms with Crippen molar-refractivity contribution in [2.45, 2.75) is 24.8 Å². The lowest BCUT2D eigenvalue weighted by atomic mass is 9.79. The Kier molecular flexibility index (Phi) is 2.75. The first-order valence-corrected chi connectivity index (χ1v) is 6.37. The molecule has 2 aliphatic heterocycles. The lowest BCUT2D eigenvalue weighted by Crippen LogP contribution is -2.59. The highest BCUT2D eigenvalue weighted by Crippen LogP contribution is 2.38. The SMILES string of the molecule is CN1c2nc(Cl)ncc2CC(=O)C12CCOCC2. The van der Waals surface area contributed by atoms with Crippen LogP contribution in [-0.2, 0) is 16.0 Å². The molecule has 0 unspecified atom stereocenters. The summed E-state index contributed by atoms with van der Waals surface area (Å²) in [6.07, 6.45) is 3.45. The summed E-state index contributed by atoms with van der Waals surface area (Å²) in [6, 6.07) is 0. The molecule has 0 amide bonds. The molecule has 5 nitrogen and oxygen atoms in total. The second-order valence-corrected chi connectivity index (χ2v) is 5.13.